The largest absolute Gasteiger partial charge is 0.375 e. The first-order valence-electron chi connectivity index (χ1n) is 5.84. The first kappa shape index (κ1) is 12.9. The quantitative estimate of drug-likeness (QED) is 0.897. The molecule has 1 N–H and O–H groups in total. The average molecular weight is 255 g/mol. The Bertz CT molecular complexity index is 359. The molecule has 2 atom stereocenters. The molecule has 0 bridgehead atoms. The minimum absolute atomic E-state index is 0.0669. The van der Waals surface area contributed by atoms with E-state index in [1.807, 2.05) is 31.8 Å². The highest BCUT2D eigenvalue weighted by Gasteiger charge is 2.25. The van der Waals surface area contributed by atoms with Crippen LogP contribution in [0.15, 0.2) is 18.2 Å². The van der Waals surface area contributed by atoms with Gasteiger partial charge in [0.05, 0.1) is 18.8 Å². The lowest BCUT2D eigenvalue weighted by Gasteiger charge is -2.30. The number of benzene rings is 1. The van der Waals surface area contributed by atoms with Crippen molar-refractivity contribution < 1.29 is 9.13 Å². The van der Waals surface area contributed by atoms with Gasteiger partial charge in [-0.05, 0) is 37.2 Å². The van der Waals surface area contributed by atoms with Crippen LogP contribution in [0.2, 0.25) is 0 Å². The molecule has 1 aromatic carbocycles. The van der Waals surface area contributed by atoms with Crippen LogP contribution >= 0.6 is 11.8 Å². The Hall–Kier alpha value is -0.580. The highest BCUT2D eigenvalue weighted by Crippen LogP contribution is 2.26. The van der Waals surface area contributed by atoms with Crippen molar-refractivity contribution in [1.29, 1.82) is 0 Å². The van der Waals surface area contributed by atoms with Gasteiger partial charge < -0.3 is 10.1 Å². The van der Waals surface area contributed by atoms with Gasteiger partial charge in [0, 0.05) is 11.5 Å². The third-order valence-electron chi connectivity index (χ3n) is 2.95. The number of rotatable bonds is 3. The van der Waals surface area contributed by atoms with Gasteiger partial charge in [0.25, 0.3) is 0 Å². The number of likely N-dealkylation sites (N-methyl/N-ethyl adjacent to an activating group) is 1. The molecule has 17 heavy (non-hydrogen) atoms. The van der Waals surface area contributed by atoms with Gasteiger partial charge in [0.2, 0.25) is 0 Å². The van der Waals surface area contributed by atoms with E-state index in [1.54, 1.807) is 12.1 Å². The van der Waals surface area contributed by atoms with Crippen molar-refractivity contribution in [2.45, 2.75) is 19.1 Å². The summed E-state index contributed by atoms with van der Waals surface area (Å²) in [5.74, 6) is 1.83. The molecular formula is C13H18FNOS. The zero-order valence-corrected chi connectivity index (χ0v) is 11.0. The lowest BCUT2D eigenvalue weighted by Crippen LogP contribution is -2.36. The lowest BCUT2D eigenvalue weighted by atomic mass is 10.00. The van der Waals surface area contributed by atoms with Crippen molar-refractivity contribution in [3.8, 4) is 0 Å². The Morgan fingerprint density at radius 1 is 1.47 bits per heavy atom. The first-order chi connectivity index (χ1) is 8.20. The van der Waals surface area contributed by atoms with E-state index >= 15 is 0 Å². The molecule has 2 nitrogen and oxygen atoms in total. The first-order valence-corrected chi connectivity index (χ1v) is 7.00. The summed E-state index contributed by atoms with van der Waals surface area (Å²) in [7, 11) is 1.90. The number of halogens is 1. The standard InChI is InChI=1S/C13H18FNOS/c1-9-5-10(7-11(14)6-9)13(15-2)12-8-17-4-3-16-12/h5-7,12-13,15H,3-4,8H2,1-2H3. The van der Waals surface area contributed by atoms with Crippen LogP contribution < -0.4 is 5.32 Å². The van der Waals surface area contributed by atoms with Crippen molar-refractivity contribution in [3.05, 3.63) is 35.1 Å². The van der Waals surface area contributed by atoms with Crippen molar-refractivity contribution in [2.75, 3.05) is 25.2 Å². The molecule has 0 saturated carbocycles. The molecule has 1 heterocycles. The Balaban J connectivity index is 2.21. The van der Waals surface area contributed by atoms with Crippen LogP contribution in [0.5, 0.6) is 0 Å². The molecule has 0 spiro atoms. The fourth-order valence-corrected chi connectivity index (χ4v) is 3.11. The van der Waals surface area contributed by atoms with Crippen molar-refractivity contribution in [3.63, 3.8) is 0 Å². The van der Waals surface area contributed by atoms with Gasteiger partial charge in [0.15, 0.2) is 0 Å². The maximum atomic E-state index is 13.4. The highest BCUT2D eigenvalue weighted by molar-refractivity contribution is 7.99. The number of ether oxygens (including phenoxy) is 1. The second kappa shape index (κ2) is 5.85. The van der Waals surface area contributed by atoms with E-state index < -0.39 is 0 Å². The predicted molar refractivity (Wildman–Crippen MR) is 70.0 cm³/mol. The Morgan fingerprint density at radius 2 is 2.29 bits per heavy atom. The van der Waals surface area contributed by atoms with Crippen LogP contribution in [-0.2, 0) is 4.74 Å². The molecule has 0 aliphatic carbocycles. The second-order valence-corrected chi connectivity index (χ2v) is 5.46. The van der Waals surface area contributed by atoms with Crippen LogP contribution in [0.1, 0.15) is 17.2 Å². The van der Waals surface area contributed by atoms with E-state index in [2.05, 4.69) is 5.32 Å². The van der Waals surface area contributed by atoms with Crippen LogP contribution in [-0.4, -0.2) is 31.3 Å². The average Bonchev–Trinajstić information content (AvgIpc) is 2.30. The molecule has 1 aliphatic heterocycles. The SMILES string of the molecule is CNC(c1cc(C)cc(F)c1)C1CSCCO1. The van der Waals surface area contributed by atoms with Crippen LogP contribution in [0.25, 0.3) is 0 Å². The summed E-state index contributed by atoms with van der Waals surface area (Å²) in [5.41, 5.74) is 1.92. The summed E-state index contributed by atoms with van der Waals surface area (Å²) in [5, 5.41) is 3.24. The summed E-state index contributed by atoms with van der Waals surface area (Å²) in [6, 6.07) is 5.23. The monoisotopic (exact) mass is 255 g/mol. The minimum Gasteiger partial charge on any atom is -0.375 e. The molecule has 2 rings (SSSR count). The third kappa shape index (κ3) is 3.21. The number of aryl methyl sites for hydroxylation is 1. The fourth-order valence-electron chi connectivity index (χ4n) is 2.21. The normalized spacial score (nSPS) is 22.4. The summed E-state index contributed by atoms with van der Waals surface area (Å²) in [6.07, 6.45) is 0.125. The smallest absolute Gasteiger partial charge is 0.123 e. The van der Waals surface area contributed by atoms with Gasteiger partial charge in [-0.15, -0.1) is 0 Å². The Kier molecular flexibility index (Phi) is 4.42. The van der Waals surface area contributed by atoms with Crippen LogP contribution in [0.4, 0.5) is 4.39 Å². The molecular weight excluding hydrogens is 237 g/mol. The summed E-state index contributed by atoms with van der Waals surface area (Å²) < 4.78 is 19.2. The fraction of sp³-hybridized carbons (Fsp3) is 0.538. The zero-order chi connectivity index (χ0) is 12.3. The molecule has 1 aliphatic rings. The Labute approximate surface area is 106 Å². The molecule has 4 heteroatoms. The molecule has 0 radical (unpaired) electrons. The van der Waals surface area contributed by atoms with Crippen molar-refractivity contribution in [2.24, 2.45) is 0 Å². The number of nitrogens with one attached hydrogen (secondary N) is 1. The maximum absolute atomic E-state index is 13.4. The molecule has 0 aromatic heterocycles. The maximum Gasteiger partial charge on any atom is 0.123 e. The number of hydrogen-bond acceptors (Lipinski definition) is 3. The van der Waals surface area contributed by atoms with Crippen molar-refractivity contribution in [1.82, 2.24) is 5.32 Å². The number of thioether (sulfide) groups is 1. The van der Waals surface area contributed by atoms with E-state index in [0.717, 1.165) is 29.2 Å². The summed E-state index contributed by atoms with van der Waals surface area (Å²) >= 11 is 1.89. The number of hydrogen-bond donors (Lipinski definition) is 1. The summed E-state index contributed by atoms with van der Waals surface area (Å²) in [6.45, 7) is 2.69. The highest BCUT2D eigenvalue weighted by atomic mass is 32.2. The second-order valence-electron chi connectivity index (χ2n) is 4.31. The molecule has 2 unspecified atom stereocenters. The van der Waals surface area contributed by atoms with Gasteiger partial charge >= 0.3 is 0 Å². The van der Waals surface area contributed by atoms with Gasteiger partial charge in [-0.1, -0.05) is 6.07 Å². The minimum atomic E-state index is -0.177. The van der Waals surface area contributed by atoms with Gasteiger partial charge in [-0.2, -0.15) is 11.8 Å². The van der Waals surface area contributed by atoms with E-state index in [0.29, 0.717) is 0 Å². The zero-order valence-electron chi connectivity index (χ0n) is 10.2. The predicted octanol–water partition coefficient (Wildman–Crippen LogP) is 2.53. The molecule has 0 amide bonds. The van der Waals surface area contributed by atoms with Crippen molar-refractivity contribution >= 4 is 11.8 Å². The van der Waals surface area contributed by atoms with E-state index in [1.165, 1.54) is 0 Å². The third-order valence-corrected chi connectivity index (χ3v) is 3.97. The van der Waals surface area contributed by atoms with Gasteiger partial charge in [-0.3, -0.25) is 0 Å². The lowest BCUT2D eigenvalue weighted by molar-refractivity contribution is 0.0488. The molecule has 1 fully saturated rings. The Morgan fingerprint density at radius 3 is 2.88 bits per heavy atom. The van der Waals surface area contributed by atoms with Gasteiger partial charge in [-0.25, -0.2) is 4.39 Å². The van der Waals surface area contributed by atoms with Crippen LogP contribution in [0.3, 0.4) is 0 Å². The topological polar surface area (TPSA) is 21.3 Å². The molecule has 1 aromatic rings. The molecule has 94 valence electrons. The van der Waals surface area contributed by atoms with Crippen LogP contribution in [0, 0.1) is 12.7 Å². The summed E-state index contributed by atoms with van der Waals surface area (Å²) in [4.78, 5) is 0. The van der Waals surface area contributed by atoms with E-state index in [9.17, 15) is 4.39 Å². The van der Waals surface area contributed by atoms with E-state index in [4.69, 9.17) is 4.74 Å². The molecule has 1 saturated heterocycles. The van der Waals surface area contributed by atoms with Gasteiger partial charge in [0.1, 0.15) is 5.82 Å². The van der Waals surface area contributed by atoms with E-state index in [-0.39, 0.29) is 18.0 Å².